The maximum atomic E-state index is 4.38. The largest absolute Gasteiger partial charge is 0.339 e. The van der Waals surface area contributed by atoms with Gasteiger partial charge in [0.15, 0.2) is 0 Å². The Balaban J connectivity index is 2.17. The molecule has 1 N–H and O–H groups in total. The third-order valence-corrected chi connectivity index (χ3v) is 3.36. The van der Waals surface area contributed by atoms with Gasteiger partial charge in [-0.25, -0.2) is 9.97 Å². The molecule has 3 aromatic rings. The van der Waals surface area contributed by atoms with Crippen molar-refractivity contribution in [3.05, 3.63) is 31.0 Å². The molecule has 5 heteroatoms. The first-order valence-electron chi connectivity index (χ1n) is 5.93. The highest BCUT2D eigenvalue weighted by atomic mass is 15.1. The maximum Gasteiger partial charge on any atom is 0.146 e. The fourth-order valence-electron chi connectivity index (χ4n) is 2.51. The lowest BCUT2D eigenvalue weighted by molar-refractivity contribution is 0.787. The molecule has 0 saturated carbocycles. The fourth-order valence-corrected chi connectivity index (χ4v) is 2.51. The molecule has 18 heavy (non-hydrogen) atoms. The molecule has 4 rings (SSSR count). The Hall–Kier alpha value is -2.43. The second kappa shape index (κ2) is 3.29. The van der Waals surface area contributed by atoms with Crippen LogP contribution in [0.2, 0.25) is 0 Å². The van der Waals surface area contributed by atoms with Gasteiger partial charge in [-0.15, -0.1) is 0 Å². The fraction of sp³-hybridized carbons (Fsp3) is 0.154. The average Bonchev–Trinajstić information content (AvgIpc) is 2.80. The number of hydrogen-bond donors (Lipinski definition) is 1. The number of nitrogens with one attached hydrogen (secondary N) is 1. The molecule has 88 valence electrons. The third-order valence-electron chi connectivity index (χ3n) is 3.36. The molecular weight excluding hydrogens is 226 g/mol. The van der Waals surface area contributed by atoms with Gasteiger partial charge >= 0.3 is 0 Å². The number of fused-ring (bicyclic) bond motifs is 2. The molecule has 0 atom stereocenters. The van der Waals surface area contributed by atoms with Gasteiger partial charge in [-0.1, -0.05) is 0 Å². The van der Waals surface area contributed by atoms with Crippen LogP contribution >= 0.6 is 0 Å². The van der Waals surface area contributed by atoms with E-state index < -0.39 is 0 Å². The zero-order valence-electron chi connectivity index (χ0n) is 9.88. The summed E-state index contributed by atoms with van der Waals surface area (Å²) in [6.45, 7) is 3.00. The zero-order valence-corrected chi connectivity index (χ0v) is 9.88. The summed E-state index contributed by atoms with van der Waals surface area (Å²) in [4.78, 5) is 12.9. The van der Waals surface area contributed by atoms with Crippen molar-refractivity contribution in [1.82, 2.24) is 19.5 Å². The second-order valence-corrected chi connectivity index (χ2v) is 4.30. The van der Waals surface area contributed by atoms with Gasteiger partial charge in [0.1, 0.15) is 17.8 Å². The molecule has 1 aliphatic heterocycles. The first-order valence-corrected chi connectivity index (χ1v) is 5.93. The van der Waals surface area contributed by atoms with E-state index in [9.17, 15) is 0 Å². The Kier molecular flexibility index (Phi) is 1.75. The van der Waals surface area contributed by atoms with E-state index in [0.717, 1.165) is 40.2 Å². The van der Waals surface area contributed by atoms with Crippen LogP contribution < -0.4 is 5.32 Å². The molecule has 0 unspecified atom stereocenters. The van der Waals surface area contributed by atoms with Gasteiger partial charge in [0, 0.05) is 36.3 Å². The number of anilines is 2. The predicted molar refractivity (Wildman–Crippen MR) is 69.7 cm³/mol. The summed E-state index contributed by atoms with van der Waals surface area (Å²) in [7, 11) is 0. The molecule has 0 aliphatic carbocycles. The van der Waals surface area contributed by atoms with E-state index in [4.69, 9.17) is 0 Å². The summed E-state index contributed by atoms with van der Waals surface area (Å²) in [5, 5.41) is 4.42. The molecular formula is C13H11N5. The summed E-state index contributed by atoms with van der Waals surface area (Å²) >= 11 is 0. The number of aromatic nitrogens is 4. The molecule has 0 spiro atoms. The normalized spacial score (nSPS) is 12.3. The molecule has 0 radical (unpaired) electrons. The maximum absolute atomic E-state index is 4.38. The molecule has 1 aliphatic rings. The number of aryl methyl sites for hydroxylation is 1. The van der Waals surface area contributed by atoms with Crippen LogP contribution in [0.25, 0.3) is 22.2 Å². The van der Waals surface area contributed by atoms with Crippen molar-refractivity contribution in [2.24, 2.45) is 0 Å². The number of hydrogen-bond acceptors (Lipinski definition) is 4. The Labute approximate surface area is 104 Å². The van der Waals surface area contributed by atoms with E-state index in [-0.39, 0.29) is 0 Å². The zero-order chi connectivity index (χ0) is 12.1. The molecule has 0 amide bonds. The first kappa shape index (κ1) is 9.58. The van der Waals surface area contributed by atoms with Crippen molar-refractivity contribution in [2.45, 2.75) is 13.5 Å². The highest BCUT2D eigenvalue weighted by molar-refractivity contribution is 6.08. The standard InChI is InChI=1S/C13H11N5/c1-2-18-6-9-8-5-14-4-3-10(8)17-12-11(9)13(18)16-7-15-12/h3-7H,2H2,1H3,(H,15,16,17). The van der Waals surface area contributed by atoms with E-state index in [0.29, 0.717) is 0 Å². The summed E-state index contributed by atoms with van der Waals surface area (Å²) in [5.74, 6) is 0.876. The highest BCUT2D eigenvalue weighted by Crippen LogP contribution is 2.42. The minimum absolute atomic E-state index is 0.876. The molecule has 0 saturated heterocycles. The summed E-state index contributed by atoms with van der Waals surface area (Å²) in [5.41, 5.74) is 4.28. The number of pyridine rings is 1. The van der Waals surface area contributed by atoms with Crippen LogP contribution in [0.15, 0.2) is 31.0 Å². The monoisotopic (exact) mass is 237 g/mol. The van der Waals surface area contributed by atoms with E-state index in [1.807, 2.05) is 12.3 Å². The van der Waals surface area contributed by atoms with E-state index in [1.165, 1.54) is 0 Å². The van der Waals surface area contributed by atoms with Crippen molar-refractivity contribution in [3.63, 3.8) is 0 Å². The van der Waals surface area contributed by atoms with E-state index in [2.05, 4.69) is 38.0 Å². The third kappa shape index (κ3) is 1.08. The van der Waals surface area contributed by atoms with Gasteiger partial charge in [-0.05, 0) is 13.0 Å². The molecule has 0 aromatic carbocycles. The lowest BCUT2D eigenvalue weighted by Crippen LogP contribution is -2.02. The predicted octanol–water partition coefficient (Wildman–Crippen LogP) is 2.57. The van der Waals surface area contributed by atoms with Crippen molar-refractivity contribution < 1.29 is 0 Å². The van der Waals surface area contributed by atoms with Gasteiger partial charge < -0.3 is 9.88 Å². The Morgan fingerprint density at radius 3 is 3.11 bits per heavy atom. The van der Waals surface area contributed by atoms with Crippen LogP contribution in [0.1, 0.15) is 6.92 Å². The molecule has 5 nitrogen and oxygen atoms in total. The van der Waals surface area contributed by atoms with Crippen LogP contribution in [0.4, 0.5) is 11.5 Å². The molecule has 0 fully saturated rings. The van der Waals surface area contributed by atoms with Crippen molar-refractivity contribution in [2.75, 3.05) is 5.32 Å². The lowest BCUT2D eigenvalue weighted by Gasteiger charge is -2.16. The van der Waals surface area contributed by atoms with E-state index in [1.54, 1.807) is 12.5 Å². The minimum atomic E-state index is 0.876. The van der Waals surface area contributed by atoms with Crippen LogP contribution in [-0.2, 0) is 6.54 Å². The molecule has 4 heterocycles. The van der Waals surface area contributed by atoms with Gasteiger partial charge in [0.2, 0.25) is 0 Å². The topological polar surface area (TPSA) is 55.6 Å². The smallest absolute Gasteiger partial charge is 0.146 e. The highest BCUT2D eigenvalue weighted by Gasteiger charge is 2.22. The van der Waals surface area contributed by atoms with Gasteiger partial charge in [-0.2, -0.15) is 0 Å². The van der Waals surface area contributed by atoms with Crippen LogP contribution in [0.3, 0.4) is 0 Å². The van der Waals surface area contributed by atoms with Crippen LogP contribution in [-0.4, -0.2) is 19.5 Å². The summed E-state index contributed by atoms with van der Waals surface area (Å²) < 4.78 is 2.14. The summed E-state index contributed by atoms with van der Waals surface area (Å²) in [6, 6.07) is 1.97. The quantitative estimate of drug-likeness (QED) is 0.552. The Morgan fingerprint density at radius 1 is 1.28 bits per heavy atom. The second-order valence-electron chi connectivity index (χ2n) is 4.30. The average molecular weight is 237 g/mol. The number of rotatable bonds is 1. The van der Waals surface area contributed by atoms with Crippen molar-refractivity contribution in [3.8, 4) is 11.1 Å². The minimum Gasteiger partial charge on any atom is -0.339 e. The first-order chi connectivity index (χ1) is 8.88. The van der Waals surface area contributed by atoms with Crippen LogP contribution in [0, 0.1) is 0 Å². The van der Waals surface area contributed by atoms with Crippen LogP contribution in [0.5, 0.6) is 0 Å². The SMILES string of the molecule is CCn1cc2c3c(ncnc31)Nc1ccncc1-2. The summed E-state index contributed by atoms with van der Waals surface area (Å²) in [6.07, 6.45) is 7.40. The van der Waals surface area contributed by atoms with E-state index >= 15 is 0 Å². The molecule has 0 bridgehead atoms. The number of nitrogens with zero attached hydrogens (tertiary/aromatic N) is 4. The van der Waals surface area contributed by atoms with Gasteiger partial charge in [0.25, 0.3) is 0 Å². The Morgan fingerprint density at radius 2 is 2.22 bits per heavy atom. The molecule has 3 aromatic heterocycles. The lowest BCUT2D eigenvalue weighted by atomic mass is 10.0. The van der Waals surface area contributed by atoms with Gasteiger partial charge in [0.05, 0.1) is 11.1 Å². The van der Waals surface area contributed by atoms with Crippen molar-refractivity contribution >= 4 is 22.5 Å². The van der Waals surface area contributed by atoms with Crippen molar-refractivity contribution in [1.29, 1.82) is 0 Å². The Bertz CT molecular complexity index is 759. The van der Waals surface area contributed by atoms with Gasteiger partial charge in [-0.3, -0.25) is 4.98 Å².